The lowest BCUT2D eigenvalue weighted by Crippen LogP contribution is -2.42. The zero-order valence-corrected chi connectivity index (χ0v) is 13.9. The third-order valence-corrected chi connectivity index (χ3v) is 3.97. The molecule has 1 atom stereocenters. The van der Waals surface area contributed by atoms with E-state index < -0.39 is 0 Å². The summed E-state index contributed by atoms with van der Waals surface area (Å²) < 4.78 is 10.7. The number of likely N-dealkylation sites (tertiary alicyclic amines) is 1. The topological polar surface area (TPSA) is 67.9 Å². The molecule has 0 spiro atoms. The van der Waals surface area contributed by atoms with Crippen molar-refractivity contribution in [2.24, 2.45) is 5.92 Å². The van der Waals surface area contributed by atoms with Gasteiger partial charge in [0.25, 0.3) is 0 Å². The largest absolute Gasteiger partial charge is 0.493 e. The molecule has 126 valence electrons. The predicted molar refractivity (Wildman–Crippen MR) is 87.8 cm³/mol. The number of benzene rings is 1. The maximum Gasteiger partial charge on any atom is 0.229 e. The number of nitrogens with zero attached hydrogens (tertiary/aromatic N) is 1. The van der Waals surface area contributed by atoms with Crippen LogP contribution in [0.3, 0.4) is 0 Å². The molecule has 0 aromatic heterocycles. The molecule has 1 aromatic rings. The van der Waals surface area contributed by atoms with Crippen LogP contribution in [-0.4, -0.2) is 43.5 Å². The molecule has 1 aromatic carbocycles. The van der Waals surface area contributed by atoms with Crippen molar-refractivity contribution in [1.82, 2.24) is 4.90 Å². The van der Waals surface area contributed by atoms with Crippen molar-refractivity contribution in [2.75, 3.05) is 32.1 Å². The molecular formula is C17H24N2O4. The Kier molecular flexibility index (Phi) is 5.84. The second kappa shape index (κ2) is 7.85. The van der Waals surface area contributed by atoms with Gasteiger partial charge in [0.2, 0.25) is 11.8 Å². The monoisotopic (exact) mass is 320 g/mol. The van der Waals surface area contributed by atoms with Crippen LogP contribution in [0.5, 0.6) is 11.5 Å². The Morgan fingerprint density at radius 1 is 1.35 bits per heavy atom. The smallest absolute Gasteiger partial charge is 0.229 e. The van der Waals surface area contributed by atoms with Gasteiger partial charge < -0.3 is 19.7 Å². The molecule has 0 unspecified atom stereocenters. The van der Waals surface area contributed by atoms with Gasteiger partial charge in [0.15, 0.2) is 11.5 Å². The molecule has 1 saturated heterocycles. The summed E-state index contributed by atoms with van der Waals surface area (Å²) >= 11 is 0. The highest BCUT2D eigenvalue weighted by molar-refractivity contribution is 5.93. The third-order valence-electron chi connectivity index (χ3n) is 3.97. The maximum absolute atomic E-state index is 12.4. The molecule has 1 aliphatic heterocycles. The molecule has 1 fully saturated rings. The van der Waals surface area contributed by atoms with Gasteiger partial charge in [-0.1, -0.05) is 0 Å². The van der Waals surface area contributed by atoms with Crippen LogP contribution in [-0.2, 0) is 9.59 Å². The second-order valence-corrected chi connectivity index (χ2v) is 5.59. The summed E-state index contributed by atoms with van der Waals surface area (Å²) in [5, 5.41) is 2.90. The van der Waals surface area contributed by atoms with Crippen molar-refractivity contribution in [3.63, 3.8) is 0 Å². The predicted octanol–water partition coefficient (Wildman–Crippen LogP) is 2.29. The fourth-order valence-electron chi connectivity index (χ4n) is 2.74. The minimum atomic E-state index is -0.176. The molecule has 0 radical (unpaired) electrons. The van der Waals surface area contributed by atoms with Gasteiger partial charge in [-0.15, -0.1) is 0 Å². The molecule has 2 rings (SSSR count). The number of hydrogen-bond acceptors (Lipinski definition) is 4. The molecule has 1 heterocycles. The van der Waals surface area contributed by atoms with E-state index in [0.717, 1.165) is 19.4 Å². The Morgan fingerprint density at radius 2 is 2.13 bits per heavy atom. The molecular weight excluding hydrogens is 296 g/mol. The average molecular weight is 320 g/mol. The summed E-state index contributed by atoms with van der Waals surface area (Å²) in [6.07, 6.45) is 1.65. The van der Waals surface area contributed by atoms with Crippen molar-refractivity contribution in [3.05, 3.63) is 18.2 Å². The molecule has 2 amide bonds. The second-order valence-electron chi connectivity index (χ2n) is 5.59. The molecule has 1 N–H and O–H groups in total. The summed E-state index contributed by atoms with van der Waals surface area (Å²) in [5.41, 5.74) is 0.662. The van der Waals surface area contributed by atoms with Crippen molar-refractivity contribution in [1.29, 1.82) is 0 Å². The van der Waals surface area contributed by atoms with E-state index in [4.69, 9.17) is 9.47 Å². The quantitative estimate of drug-likeness (QED) is 0.904. The number of methoxy groups -OCH3 is 1. The summed E-state index contributed by atoms with van der Waals surface area (Å²) in [4.78, 5) is 25.6. The first-order chi connectivity index (χ1) is 11.0. The van der Waals surface area contributed by atoms with Gasteiger partial charge in [-0.25, -0.2) is 0 Å². The van der Waals surface area contributed by atoms with Crippen LogP contribution in [0.15, 0.2) is 18.2 Å². The zero-order valence-electron chi connectivity index (χ0n) is 13.9. The number of nitrogens with one attached hydrogen (secondary N) is 1. The lowest BCUT2D eigenvalue weighted by molar-refractivity contribution is -0.132. The van der Waals surface area contributed by atoms with Gasteiger partial charge in [-0.05, 0) is 31.9 Å². The lowest BCUT2D eigenvalue weighted by atomic mass is 9.97. The molecule has 6 heteroatoms. The summed E-state index contributed by atoms with van der Waals surface area (Å²) in [6, 6.07) is 5.31. The number of hydrogen-bond donors (Lipinski definition) is 1. The molecule has 0 saturated carbocycles. The Bertz CT molecular complexity index is 574. The van der Waals surface area contributed by atoms with E-state index in [1.54, 1.807) is 30.2 Å². The number of rotatable bonds is 5. The lowest BCUT2D eigenvalue weighted by Gasteiger charge is -2.31. The number of amides is 2. The van der Waals surface area contributed by atoms with Crippen molar-refractivity contribution in [3.8, 4) is 11.5 Å². The summed E-state index contributed by atoms with van der Waals surface area (Å²) in [7, 11) is 1.56. The molecule has 23 heavy (non-hydrogen) atoms. The number of ether oxygens (including phenoxy) is 2. The van der Waals surface area contributed by atoms with E-state index >= 15 is 0 Å². The molecule has 6 nitrogen and oxygen atoms in total. The van der Waals surface area contributed by atoms with Crippen molar-refractivity contribution in [2.45, 2.75) is 26.7 Å². The van der Waals surface area contributed by atoms with Crippen LogP contribution in [0.1, 0.15) is 26.7 Å². The number of piperidine rings is 1. The van der Waals surface area contributed by atoms with Gasteiger partial charge in [-0.3, -0.25) is 9.59 Å². The highest BCUT2D eigenvalue weighted by Crippen LogP contribution is 2.30. The fourth-order valence-corrected chi connectivity index (χ4v) is 2.74. The van der Waals surface area contributed by atoms with Gasteiger partial charge in [0.05, 0.1) is 19.6 Å². The minimum absolute atomic E-state index is 0.0187. The first kappa shape index (κ1) is 17.1. The van der Waals surface area contributed by atoms with E-state index in [1.165, 1.54) is 6.92 Å². The maximum atomic E-state index is 12.4. The highest BCUT2D eigenvalue weighted by atomic mass is 16.5. The van der Waals surface area contributed by atoms with Crippen LogP contribution in [0.25, 0.3) is 0 Å². The average Bonchev–Trinajstić information content (AvgIpc) is 2.56. The number of carbonyl (C=O) groups is 2. The van der Waals surface area contributed by atoms with Crippen LogP contribution in [0.2, 0.25) is 0 Å². The van der Waals surface area contributed by atoms with E-state index in [0.29, 0.717) is 30.3 Å². The van der Waals surface area contributed by atoms with Crippen LogP contribution < -0.4 is 14.8 Å². The Balaban J connectivity index is 2.03. The Hall–Kier alpha value is -2.24. The third kappa shape index (κ3) is 4.37. The number of anilines is 1. The van der Waals surface area contributed by atoms with Gasteiger partial charge in [0, 0.05) is 31.8 Å². The SMILES string of the molecule is CCOc1ccc(NC(=O)[C@@H]2CCCN(C(C)=O)C2)cc1OC. The van der Waals surface area contributed by atoms with Crippen LogP contribution in [0.4, 0.5) is 5.69 Å². The van der Waals surface area contributed by atoms with E-state index in [-0.39, 0.29) is 17.7 Å². The zero-order chi connectivity index (χ0) is 16.8. The first-order valence-electron chi connectivity index (χ1n) is 7.92. The van der Waals surface area contributed by atoms with Crippen molar-refractivity contribution >= 4 is 17.5 Å². The van der Waals surface area contributed by atoms with E-state index in [2.05, 4.69) is 5.32 Å². The van der Waals surface area contributed by atoms with E-state index in [1.807, 2.05) is 6.92 Å². The van der Waals surface area contributed by atoms with E-state index in [9.17, 15) is 9.59 Å². The summed E-state index contributed by atoms with van der Waals surface area (Å²) in [6.45, 7) is 5.20. The number of carbonyl (C=O) groups excluding carboxylic acids is 2. The first-order valence-corrected chi connectivity index (χ1v) is 7.92. The fraction of sp³-hybridized carbons (Fsp3) is 0.529. The molecule has 0 bridgehead atoms. The minimum Gasteiger partial charge on any atom is -0.493 e. The Morgan fingerprint density at radius 3 is 2.78 bits per heavy atom. The van der Waals surface area contributed by atoms with Gasteiger partial charge in [0.1, 0.15) is 0 Å². The highest BCUT2D eigenvalue weighted by Gasteiger charge is 2.27. The van der Waals surface area contributed by atoms with Gasteiger partial charge in [-0.2, -0.15) is 0 Å². The molecule has 0 aliphatic carbocycles. The van der Waals surface area contributed by atoms with Crippen molar-refractivity contribution < 1.29 is 19.1 Å². The molecule has 1 aliphatic rings. The Labute approximate surface area is 136 Å². The van der Waals surface area contributed by atoms with Gasteiger partial charge >= 0.3 is 0 Å². The van der Waals surface area contributed by atoms with Crippen LogP contribution in [0, 0.1) is 5.92 Å². The van der Waals surface area contributed by atoms with Crippen LogP contribution >= 0.6 is 0 Å². The summed E-state index contributed by atoms with van der Waals surface area (Å²) in [5.74, 6) is 1.00. The normalized spacial score (nSPS) is 17.5. The standard InChI is InChI=1S/C17H24N2O4/c1-4-23-15-8-7-14(10-16(15)22-3)18-17(21)13-6-5-9-19(11-13)12(2)20/h7-8,10,13H,4-6,9,11H2,1-3H3,(H,18,21)/t13-/m1/s1.